The van der Waals surface area contributed by atoms with Gasteiger partial charge in [-0.25, -0.2) is 4.79 Å². The third kappa shape index (κ3) is 5.59. The Balaban J connectivity index is 2.54. The highest BCUT2D eigenvalue weighted by Gasteiger charge is 2.30. The number of nitrogens with one attached hydrogen (secondary N) is 1. The maximum atomic E-state index is 12.2. The smallest absolute Gasteiger partial charge is 0.326 e. The molecule has 0 saturated carbocycles. The molecule has 0 radical (unpaired) electrons. The molecule has 1 aliphatic rings. The van der Waals surface area contributed by atoms with Crippen molar-refractivity contribution >= 4 is 11.9 Å². The molecule has 1 rings (SSSR count). The Hall–Kier alpha value is -1.10. The Kier molecular flexibility index (Phi) is 5.79. The van der Waals surface area contributed by atoms with Gasteiger partial charge in [0, 0.05) is 25.0 Å². The van der Waals surface area contributed by atoms with Gasteiger partial charge in [-0.3, -0.25) is 4.79 Å². The number of carbonyl (C=O) groups is 2. The number of hydrogen-bond donors (Lipinski definition) is 2. The fourth-order valence-electron chi connectivity index (χ4n) is 2.35. The van der Waals surface area contributed by atoms with Crippen LogP contribution in [0.1, 0.15) is 52.9 Å². The van der Waals surface area contributed by atoms with Gasteiger partial charge in [0.1, 0.15) is 6.04 Å². The van der Waals surface area contributed by atoms with E-state index in [1.807, 2.05) is 20.8 Å². The average Bonchev–Trinajstić information content (AvgIpc) is 2.52. The van der Waals surface area contributed by atoms with Gasteiger partial charge in [0.25, 0.3) is 0 Å². The van der Waals surface area contributed by atoms with E-state index in [1.54, 1.807) is 4.90 Å². The summed E-state index contributed by atoms with van der Waals surface area (Å²) in [6.45, 7) is 7.30. The molecule has 0 aliphatic carbocycles. The molecule has 1 atom stereocenters. The highest BCUT2D eigenvalue weighted by molar-refractivity contribution is 5.83. The summed E-state index contributed by atoms with van der Waals surface area (Å²) >= 11 is 0. The van der Waals surface area contributed by atoms with Crippen LogP contribution >= 0.6 is 0 Å². The first-order chi connectivity index (χ1) is 8.81. The number of carboxylic acid groups (broad SMARTS) is 1. The van der Waals surface area contributed by atoms with Gasteiger partial charge in [0.2, 0.25) is 5.91 Å². The molecule has 5 heteroatoms. The van der Waals surface area contributed by atoms with Crippen molar-refractivity contribution in [2.24, 2.45) is 0 Å². The van der Waals surface area contributed by atoms with Crippen LogP contribution in [-0.2, 0) is 9.59 Å². The Labute approximate surface area is 115 Å². The van der Waals surface area contributed by atoms with E-state index in [9.17, 15) is 14.7 Å². The average molecular weight is 270 g/mol. The molecule has 2 N–H and O–H groups in total. The molecule has 1 unspecified atom stereocenters. The van der Waals surface area contributed by atoms with Crippen molar-refractivity contribution in [1.29, 1.82) is 0 Å². The zero-order valence-corrected chi connectivity index (χ0v) is 12.2. The van der Waals surface area contributed by atoms with Crippen LogP contribution in [0.5, 0.6) is 0 Å². The first-order valence-corrected chi connectivity index (χ1v) is 7.08. The van der Waals surface area contributed by atoms with Gasteiger partial charge in [0.15, 0.2) is 0 Å². The largest absolute Gasteiger partial charge is 0.480 e. The summed E-state index contributed by atoms with van der Waals surface area (Å²) in [5.41, 5.74) is -0.0226. The van der Waals surface area contributed by atoms with Gasteiger partial charge in [-0.1, -0.05) is 12.8 Å². The highest BCUT2D eigenvalue weighted by atomic mass is 16.4. The lowest BCUT2D eigenvalue weighted by Crippen LogP contribution is -2.46. The first-order valence-electron chi connectivity index (χ1n) is 7.08. The molecule has 19 heavy (non-hydrogen) atoms. The minimum atomic E-state index is -0.876. The normalized spacial score (nSPS) is 21.0. The van der Waals surface area contributed by atoms with Gasteiger partial charge in [-0.2, -0.15) is 0 Å². The second kappa shape index (κ2) is 6.89. The summed E-state index contributed by atoms with van der Waals surface area (Å²) in [5, 5.41) is 12.5. The maximum absolute atomic E-state index is 12.2. The lowest BCUT2D eigenvalue weighted by atomic mass is 10.1. The molecule has 1 heterocycles. The number of amides is 1. The summed E-state index contributed by atoms with van der Waals surface area (Å²) < 4.78 is 0. The van der Waals surface area contributed by atoms with E-state index in [2.05, 4.69) is 5.32 Å². The van der Waals surface area contributed by atoms with Crippen LogP contribution in [0.3, 0.4) is 0 Å². The maximum Gasteiger partial charge on any atom is 0.326 e. The molecule has 1 fully saturated rings. The lowest BCUT2D eigenvalue weighted by molar-refractivity contribution is -0.150. The Bertz CT molecular complexity index is 323. The SMILES string of the molecule is CC(C)(C)NCCC(=O)N1CCCCCC1C(=O)O. The van der Waals surface area contributed by atoms with Crippen LogP contribution in [0.15, 0.2) is 0 Å². The van der Waals surface area contributed by atoms with Gasteiger partial charge >= 0.3 is 5.97 Å². The van der Waals surface area contributed by atoms with Crippen molar-refractivity contribution in [2.45, 2.75) is 64.5 Å². The minimum Gasteiger partial charge on any atom is -0.480 e. The fourth-order valence-corrected chi connectivity index (χ4v) is 2.35. The molecular weight excluding hydrogens is 244 g/mol. The third-order valence-corrected chi connectivity index (χ3v) is 3.35. The molecule has 110 valence electrons. The lowest BCUT2D eigenvalue weighted by Gasteiger charge is -2.28. The molecule has 0 bridgehead atoms. The number of carbonyl (C=O) groups excluding carboxylic acids is 1. The van der Waals surface area contributed by atoms with Crippen LogP contribution in [0.2, 0.25) is 0 Å². The molecule has 1 amide bonds. The number of aliphatic carboxylic acids is 1. The van der Waals surface area contributed by atoms with Crippen LogP contribution in [0, 0.1) is 0 Å². The molecular formula is C14H26N2O3. The first kappa shape index (κ1) is 16.0. The second-order valence-electron chi connectivity index (χ2n) is 6.22. The predicted molar refractivity (Wildman–Crippen MR) is 74.0 cm³/mol. The van der Waals surface area contributed by atoms with Crippen molar-refractivity contribution in [1.82, 2.24) is 10.2 Å². The van der Waals surface area contributed by atoms with Gasteiger partial charge in [-0.05, 0) is 33.6 Å². The predicted octanol–water partition coefficient (Wildman–Crippen LogP) is 1.62. The Morgan fingerprint density at radius 1 is 1.26 bits per heavy atom. The zero-order valence-electron chi connectivity index (χ0n) is 12.2. The van der Waals surface area contributed by atoms with E-state index < -0.39 is 12.0 Å². The van der Waals surface area contributed by atoms with Gasteiger partial charge in [0.05, 0.1) is 0 Å². The van der Waals surface area contributed by atoms with Crippen molar-refractivity contribution in [2.75, 3.05) is 13.1 Å². The van der Waals surface area contributed by atoms with Crippen molar-refractivity contribution in [3.8, 4) is 0 Å². The van der Waals surface area contributed by atoms with E-state index in [-0.39, 0.29) is 11.4 Å². The highest BCUT2D eigenvalue weighted by Crippen LogP contribution is 2.18. The Morgan fingerprint density at radius 3 is 2.53 bits per heavy atom. The van der Waals surface area contributed by atoms with Crippen molar-refractivity contribution < 1.29 is 14.7 Å². The quantitative estimate of drug-likeness (QED) is 0.814. The van der Waals surface area contributed by atoms with E-state index in [4.69, 9.17) is 0 Å². The van der Waals surface area contributed by atoms with E-state index in [1.165, 1.54) is 0 Å². The van der Waals surface area contributed by atoms with E-state index in [0.717, 1.165) is 19.3 Å². The molecule has 0 aromatic heterocycles. The van der Waals surface area contributed by atoms with Crippen LogP contribution in [0.25, 0.3) is 0 Å². The molecule has 0 aromatic rings. The number of hydrogen-bond acceptors (Lipinski definition) is 3. The molecule has 0 aromatic carbocycles. The summed E-state index contributed by atoms with van der Waals surface area (Å²) in [6, 6.07) is -0.635. The van der Waals surface area contributed by atoms with Crippen LogP contribution in [-0.4, -0.2) is 46.6 Å². The minimum absolute atomic E-state index is 0.0226. The molecule has 1 saturated heterocycles. The Morgan fingerprint density at radius 2 is 1.95 bits per heavy atom. The van der Waals surface area contributed by atoms with Gasteiger partial charge in [-0.15, -0.1) is 0 Å². The summed E-state index contributed by atoms with van der Waals surface area (Å²) in [4.78, 5) is 25.0. The number of rotatable bonds is 4. The number of carboxylic acids is 1. The van der Waals surface area contributed by atoms with Gasteiger partial charge < -0.3 is 15.3 Å². The monoisotopic (exact) mass is 270 g/mol. The standard InChI is InChI=1S/C14H26N2O3/c1-14(2,3)15-9-8-12(17)16-10-6-4-5-7-11(16)13(18)19/h11,15H,4-10H2,1-3H3,(H,18,19). The molecule has 1 aliphatic heterocycles. The number of nitrogens with zero attached hydrogens (tertiary/aromatic N) is 1. The zero-order chi connectivity index (χ0) is 14.5. The summed E-state index contributed by atoms with van der Waals surface area (Å²) in [5.74, 6) is -0.926. The number of likely N-dealkylation sites (tertiary alicyclic amines) is 1. The van der Waals surface area contributed by atoms with E-state index in [0.29, 0.717) is 25.9 Å². The molecule has 5 nitrogen and oxygen atoms in total. The summed E-state index contributed by atoms with van der Waals surface area (Å²) in [7, 11) is 0. The van der Waals surface area contributed by atoms with Crippen LogP contribution < -0.4 is 5.32 Å². The second-order valence-corrected chi connectivity index (χ2v) is 6.22. The fraction of sp³-hybridized carbons (Fsp3) is 0.857. The molecule has 0 spiro atoms. The van der Waals surface area contributed by atoms with Crippen molar-refractivity contribution in [3.05, 3.63) is 0 Å². The van der Waals surface area contributed by atoms with E-state index >= 15 is 0 Å². The third-order valence-electron chi connectivity index (χ3n) is 3.35. The van der Waals surface area contributed by atoms with Crippen LogP contribution in [0.4, 0.5) is 0 Å². The topological polar surface area (TPSA) is 69.6 Å². The van der Waals surface area contributed by atoms with Crippen molar-refractivity contribution in [3.63, 3.8) is 0 Å². The summed E-state index contributed by atoms with van der Waals surface area (Å²) in [6.07, 6.45) is 3.74.